The average molecular weight is 259 g/mol. The molecule has 18 heavy (non-hydrogen) atoms. The fourth-order valence-corrected chi connectivity index (χ4v) is 1.81. The molecule has 0 aromatic heterocycles. The predicted molar refractivity (Wildman–Crippen MR) is 69.3 cm³/mol. The van der Waals surface area contributed by atoms with Gasteiger partial charge in [0.1, 0.15) is 0 Å². The zero-order valence-electron chi connectivity index (χ0n) is 12.0. The highest BCUT2D eigenvalue weighted by Crippen LogP contribution is 2.22. The number of hydrogen-bond donors (Lipinski definition) is 2. The number of hydrogen-bond acceptors (Lipinski definition) is 3. The quantitative estimate of drug-likeness (QED) is 0.728. The molecule has 0 unspecified atom stereocenters. The Hall–Kier alpha value is -1.10. The molecule has 5 heteroatoms. The zero-order chi connectivity index (χ0) is 14.6. The Kier molecular flexibility index (Phi) is 5.80. The van der Waals surface area contributed by atoms with Gasteiger partial charge in [-0.15, -0.1) is 0 Å². The summed E-state index contributed by atoms with van der Waals surface area (Å²) in [5.41, 5.74) is -1.62. The van der Waals surface area contributed by atoms with Gasteiger partial charge in [-0.05, 0) is 34.1 Å². The SMILES string of the molecule is CCC(=O)N(CCC(C)(C)O)C(C)(C)CC(=O)O. The molecule has 0 saturated heterocycles. The zero-order valence-corrected chi connectivity index (χ0v) is 12.0. The van der Waals surface area contributed by atoms with Gasteiger partial charge < -0.3 is 15.1 Å². The molecule has 0 aliphatic rings. The fraction of sp³-hybridized carbons (Fsp3) is 0.846. The minimum atomic E-state index is -0.933. The lowest BCUT2D eigenvalue weighted by Crippen LogP contribution is -2.50. The number of amides is 1. The van der Waals surface area contributed by atoms with Gasteiger partial charge in [0, 0.05) is 18.5 Å². The van der Waals surface area contributed by atoms with Crippen LogP contribution in [0.3, 0.4) is 0 Å². The summed E-state index contributed by atoms with van der Waals surface area (Å²) in [6.45, 7) is 8.92. The Morgan fingerprint density at radius 2 is 1.67 bits per heavy atom. The molecule has 0 fully saturated rings. The molecule has 0 aliphatic heterocycles. The molecule has 106 valence electrons. The number of carboxylic acids is 1. The molecule has 0 aliphatic carbocycles. The van der Waals surface area contributed by atoms with E-state index in [9.17, 15) is 14.7 Å². The van der Waals surface area contributed by atoms with Crippen LogP contribution in [0.4, 0.5) is 0 Å². The highest BCUT2D eigenvalue weighted by molar-refractivity contribution is 5.78. The number of carboxylic acid groups (broad SMARTS) is 1. The predicted octanol–water partition coefficient (Wildman–Crippen LogP) is 1.64. The number of carbonyl (C=O) groups is 2. The average Bonchev–Trinajstić information content (AvgIpc) is 2.12. The van der Waals surface area contributed by atoms with Crippen molar-refractivity contribution in [1.82, 2.24) is 4.90 Å². The van der Waals surface area contributed by atoms with Gasteiger partial charge in [-0.3, -0.25) is 9.59 Å². The second-order valence-electron chi connectivity index (χ2n) is 5.84. The number of aliphatic carboxylic acids is 1. The van der Waals surface area contributed by atoms with Crippen molar-refractivity contribution in [2.24, 2.45) is 0 Å². The van der Waals surface area contributed by atoms with E-state index in [1.165, 1.54) is 0 Å². The molecule has 0 aromatic rings. The van der Waals surface area contributed by atoms with Crippen LogP contribution in [0, 0.1) is 0 Å². The maximum Gasteiger partial charge on any atom is 0.305 e. The van der Waals surface area contributed by atoms with E-state index < -0.39 is 17.1 Å². The maximum absolute atomic E-state index is 11.9. The Bertz CT molecular complexity index is 305. The largest absolute Gasteiger partial charge is 0.481 e. The summed E-state index contributed by atoms with van der Waals surface area (Å²) >= 11 is 0. The molecule has 0 spiro atoms. The van der Waals surface area contributed by atoms with E-state index in [2.05, 4.69) is 0 Å². The van der Waals surface area contributed by atoms with Crippen molar-refractivity contribution in [2.45, 2.75) is 65.0 Å². The lowest BCUT2D eigenvalue weighted by Gasteiger charge is -2.39. The van der Waals surface area contributed by atoms with E-state index >= 15 is 0 Å². The molecule has 0 radical (unpaired) electrons. The van der Waals surface area contributed by atoms with Gasteiger partial charge in [0.2, 0.25) is 5.91 Å². The number of nitrogens with zero attached hydrogens (tertiary/aromatic N) is 1. The van der Waals surface area contributed by atoms with Crippen molar-refractivity contribution < 1.29 is 19.8 Å². The van der Waals surface area contributed by atoms with Crippen LogP contribution in [0.25, 0.3) is 0 Å². The monoisotopic (exact) mass is 259 g/mol. The van der Waals surface area contributed by atoms with Crippen molar-refractivity contribution >= 4 is 11.9 Å². The van der Waals surface area contributed by atoms with Crippen LogP contribution in [-0.2, 0) is 9.59 Å². The third-order valence-electron chi connectivity index (χ3n) is 2.87. The Morgan fingerprint density at radius 1 is 1.17 bits per heavy atom. The van der Waals surface area contributed by atoms with Gasteiger partial charge in [-0.2, -0.15) is 0 Å². The van der Waals surface area contributed by atoms with E-state index in [4.69, 9.17) is 5.11 Å². The van der Waals surface area contributed by atoms with Crippen molar-refractivity contribution in [3.05, 3.63) is 0 Å². The normalized spacial score (nSPS) is 12.3. The Labute approximate surface area is 109 Å². The second kappa shape index (κ2) is 6.18. The summed E-state index contributed by atoms with van der Waals surface area (Å²) in [6.07, 6.45) is 0.640. The molecule has 0 rings (SSSR count). The van der Waals surface area contributed by atoms with Crippen LogP contribution in [0.2, 0.25) is 0 Å². The van der Waals surface area contributed by atoms with Crippen LogP contribution < -0.4 is 0 Å². The minimum Gasteiger partial charge on any atom is -0.481 e. The van der Waals surface area contributed by atoms with Gasteiger partial charge in [0.25, 0.3) is 0 Å². The molecule has 0 heterocycles. The smallest absolute Gasteiger partial charge is 0.305 e. The number of carbonyl (C=O) groups excluding carboxylic acids is 1. The second-order valence-corrected chi connectivity index (χ2v) is 5.84. The van der Waals surface area contributed by atoms with Gasteiger partial charge in [-0.1, -0.05) is 6.92 Å². The van der Waals surface area contributed by atoms with E-state index in [-0.39, 0.29) is 12.3 Å². The van der Waals surface area contributed by atoms with E-state index in [0.29, 0.717) is 19.4 Å². The minimum absolute atomic E-state index is 0.0921. The molecule has 0 bridgehead atoms. The van der Waals surface area contributed by atoms with Crippen LogP contribution >= 0.6 is 0 Å². The lowest BCUT2D eigenvalue weighted by atomic mass is 9.95. The third kappa shape index (κ3) is 6.00. The van der Waals surface area contributed by atoms with E-state index in [1.807, 2.05) is 0 Å². The summed E-state index contributed by atoms with van der Waals surface area (Å²) < 4.78 is 0. The van der Waals surface area contributed by atoms with Crippen LogP contribution in [0.1, 0.15) is 53.9 Å². The van der Waals surface area contributed by atoms with E-state index in [0.717, 1.165) is 0 Å². The molecule has 1 amide bonds. The standard InChI is InChI=1S/C13H25NO4/c1-6-10(15)14(8-7-13(4,5)18)12(2,3)9-11(16)17/h18H,6-9H2,1-5H3,(H,16,17). The first-order valence-electron chi connectivity index (χ1n) is 6.24. The maximum atomic E-state index is 11.9. The van der Waals surface area contributed by atoms with Gasteiger partial charge >= 0.3 is 5.97 Å². The third-order valence-corrected chi connectivity index (χ3v) is 2.87. The molecule has 0 atom stereocenters. The van der Waals surface area contributed by atoms with Crippen molar-refractivity contribution in [2.75, 3.05) is 6.54 Å². The van der Waals surface area contributed by atoms with E-state index in [1.54, 1.807) is 39.5 Å². The molecular formula is C13H25NO4. The van der Waals surface area contributed by atoms with Gasteiger partial charge in [0.05, 0.1) is 12.0 Å². The Morgan fingerprint density at radius 3 is 2.00 bits per heavy atom. The summed E-state index contributed by atoms with van der Waals surface area (Å²) in [7, 11) is 0. The topological polar surface area (TPSA) is 77.8 Å². The summed E-state index contributed by atoms with van der Waals surface area (Å²) in [4.78, 5) is 24.3. The van der Waals surface area contributed by atoms with Crippen LogP contribution in [0.5, 0.6) is 0 Å². The number of rotatable bonds is 7. The summed E-state index contributed by atoms with van der Waals surface area (Å²) in [6, 6.07) is 0. The highest BCUT2D eigenvalue weighted by Gasteiger charge is 2.33. The van der Waals surface area contributed by atoms with Crippen molar-refractivity contribution in [3.63, 3.8) is 0 Å². The lowest BCUT2D eigenvalue weighted by molar-refractivity contribution is -0.144. The first-order valence-corrected chi connectivity index (χ1v) is 6.24. The number of aliphatic hydroxyl groups is 1. The van der Waals surface area contributed by atoms with Crippen LogP contribution in [-0.4, -0.2) is 44.7 Å². The highest BCUT2D eigenvalue weighted by atomic mass is 16.4. The molecule has 0 aromatic carbocycles. The van der Waals surface area contributed by atoms with Gasteiger partial charge in [-0.25, -0.2) is 0 Å². The molecule has 0 saturated carbocycles. The van der Waals surface area contributed by atoms with Crippen molar-refractivity contribution in [3.8, 4) is 0 Å². The summed E-state index contributed by atoms with van der Waals surface area (Å²) in [5, 5.41) is 18.6. The van der Waals surface area contributed by atoms with Crippen LogP contribution in [0.15, 0.2) is 0 Å². The van der Waals surface area contributed by atoms with Gasteiger partial charge in [0.15, 0.2) is 0 Å². The Balaban J connectivity index is 4.88. The molecular weight excluding hydrogens is 234 g/mol. The summed E-state index contributed by atoms with van der Waals surface area (Å²) in [5.74, 6) is -1.03. The molecule has 5 nitrogen and oxygen atoms in total. The fourth-order valence-electron chi connectivity index (χ4n) is 1.81. The first kappa shape index (κ1) is 16.9. The van der Waals surface area contributed by atoms with Crippen molar-refractivity contribution in [1.29, 1.82) is 0 Å². The first-order chi connectivity index (χ1) is 7.99. The molecule has 2 N–H and O–H groups in total.